The number of rotatable bonds is 27. The van der Waals surface area contributed by atoms with E-state index in [0.717, 1.165) is 18.4 Å². The summed E-state index contributed by atoms with van der Waals surface area (Å²) in [5, 5.41) is 9.14. The lowest BCUT2D eigenvalue weighted by Crippen LogP contribution is -2.54. The van der Waals surface area contributed by atoms with Crippen LogP contribution in [-0.2, 0) is 49.4 Å². The van der Waals surface area contributed by atoms with Gasteiger partial charge in [0.15, 0.2) is 5.78 Å². The van der Waals surface area contributed by atoms with Crippen molar-refractivity contribution in [1.82, 2.24) is 19.6 Å². The zero-order valence-corrected chi connectivity index (χ0v) is 40.3. The van der Waals surface area contributed by atoms with Crippen molar-refractivity contribution in [3.05, 3.63) is 35.9 Å². The number of aliphatic carboxylic acids is 1. The molecule has 0 aliphatic carbocycles. The van der Waals surface area contributed by atoms with Crippen molar-refractivity contribution in [1.29, 1.82) is 0 Å². The number of likely N-dealkylation sites (tertiary alicyclic amines) is 1. The lowest BCUT2D eigenvalue weighted by Gasteiger charge is -2.41. The summed E-state index contributed by atoms with van der Waals surface area (Å²) >= 11 is 0. The van der Waals surface area contributed by atoms with E-state index in [9.17, 15) is 28.8 Å². The molecule has 2 aliphatic rings. The van der Waals surface area contributed by atoms with Crippen molar-refractivity contribution in [2.75, 3.05) is 67.7 Å². The standard InChI is InChI=1S/C49H80N4O10/c1-12-34(6)46(51(9)49(60)38(32(2)3)30-41(55)45(33(4)5)50(8)22-17-21-44(57)58)42(61-10)31-43(56)53-23-16-20-39(53)47(62-11)35(7)40(54)29-37(28-36-18-14-13-15-19-36)48(59)52-24-26-63-27-25-52/h13-15,18-19,32-35,37-39,42,45-47H,12,16-17,20-31H2,1-11H3,(H,57,58)/t34-,35-,37+,38-,39-,42+,45-,46-,47+/m0/s1. The van der Waals surface area contributed by atoms with Crippen LogP contribution in [0.4, 0.5) is 0 Å². The van der Waals surface area contributed by atoms with E-state index in [1.807, 2.05) is 95.6 Å². The number of likely N-dealkylation sites (N-methyl/N-ethyl adjacent to an activating group) is 2. The number of hydrogen-bond acceptors (Lipinski definition) is 10. The Labute approximate surface area is 377 Å². The minimum Gasteiger partial charge on any atom is -0.481 e. The third kappa shape index (κ3) is 15.2. The van der Waals surface area contributed by atoms with Gasteiger partial charge in [-0.1, -0.05) is 85.2 Å². The van der Waals surface area contributed by atoms with Crippen molar-refractivity contribution in [3.8, 4) is 0 Å². The lowest BCUT2D eigenvalue weighted by molar-refractivity contribution is -0.149. The Morgan fingerprint density at radius 3 is 2.06 bits per heavy atom. The zero-order valence-electron chi connectivity index (χ0n) is 40.3. The van der Waals surface area contributed by atoms with E-state index in [-0.39, 0.29) is 78.8 Å². The van der Waals surface area contributed by atoms with Crippen LogP contribution in [-0.4, -0.2) is 158 Å². The number of carboxylic acids is 1. The summed E-state index contributed by atoms with van der Waals surface area (Å²) in [7, 11) is 6.71. The maximum Gasteiger partial charge on any atom is 0.303 e. The number of ether oxygens (including phenoxy) is 3. The van der Waals surface area contributed by atoms with Gasteiger partial charge < -0.3 is 34.0 Å². The van der Waals surface area contributed by atoms with Gasteiger partial charge in [0.1, 0.15) is 5.78 Å². The average Bonchev–Trinajstić information content (AvgIpc) is 3.74. The Balaban J connectivity index is 1.79. The number of carboxylic acid groups (broad SMARTS) is 1. The maximum atomic E-state index is 14.5. The van der Waals surface area contributed by atoms with E-state index < -0.39 is 48.0 Å². The van der Waals surface area contributed by atoms with Gasteiger partial charge in [0.2, 0.25) is 17.7 Å². The number of ketones is 2. The number of carbonyl (C=O) groups excluding carboxylic acids is 5. The van der Waals surface area contributed by atoms with Crippen molar-refractivity contribution in [2.24, 2.45) is 35.5 Å². The summed E-state index contributed by atoms with van der Waals surface area (Å²) in [5.41, 5.74) is 0.985. The number of amides is 3. The molecule has 2 aliphatic heterocycles. The SMILES string of the molecule is CC[C@H](C)[C@@H]([C@@H](CC(=O)N1CCC[C@H]1[C@H](OC)[C@@H](C)C(=O)C[C@@H](Cc1ccccc1)C(=O)N1CCOCC1)OC)N(C)C(=O)[C@@H](CC(=O)[C@H](C(C)C)N(C)CCCC(=O)O)C(C)C. The Morgan fingerprint density at radius 2 is 1.51 bits per heavy atom. The van der Waals surface area contributed by atoms with E-state index in [1.54, 1.807) is 31.1 Å². The van der Waals surface area contributed by atoms with Crippen molar-refractivity contribution >= 4 is 35.3 Å². The summed E-state index contributed by atoms with van der Waals surface area (Å²) in [6.07, 6.45) is 1.84. The van der Waals surface area contributed by atoms with Gasteiger partial charge in [0.25, 0.3) is 0 Å². The Kier molecular flexibility index (Phi) is 22.4. The summed E-state index contributed by atoms with van der Waals surface area (Å²) in [5.74, 6) is -3.39. The molecule has 2 saturated heterocycles. The normalized spacial score (nSPS) is 19.6. The lowest BCUT2D eigenvalue weighted by atomic mass is 9.83. The zero-order chi connectivity index (χ0) is 47.0. The highest BCUT2D eigenvalue weighted by molar-refractivity contribution is 5.90. The number of carbonyl (C=O) groups is 6. The van der Waals surface area contributed by atoms with Crippen LogP contribution in [0.3, 0.4) is 0 Å². The van der Waals surface area contributed by atoms with Crippen LogP contribution in [0, 0.1) is 35.5 Å². The van der Waals surface area contributed by atoms with Gasteiger partial charge >= 0.3 is 5.97 Å². The third-order valence-electron chi connectivity index (χ3n) is 13.7. The van der Waals surface area contributed by atoms with Gasteiger partial charge in [0, 0.05) is 77.9 Å². The molecule has 0 bridgehead atoms. The molecule has 2 fully saturated rings. The van der Waals surface area contributed by atoms with Crippen LogP contribution < -0.4 is 0 Å². The van der Waals surface area contributed by atoms with Gasteiger partial charge in [-0.25, -0.2) is 0 Å². The van der Waals surface area contributed by atoms with E-state index in [4.69, 9.17) is 19.3 Å². The molecule has 63 heavy (non-hydrogen) atoms. The highest BCUT2D eigenvalue weighted by Crippen LogP contribution is 2.32. The molecule has 0 radical (unpaired) electrons. The summed E-state index contributed by atoms with van der Waals surface area (Å²) in [6.45, 7) is 16.6. The molecule has 3 rings (SSSR count). The first-order valence-electron chi connectivity index (χ1n) is 23.4. The minimum absolute atomic E-state index is 0.00737. The van der Waals surface area contributed by atoms with E-state index in [0.29, 0.717) is 58.7 Å². The van der Waals surface area contributed by atoms with Crippen LogP contribution in [0.25, 0.3) is 0 Å². The number of methoxy groups -OCH3 is 2. The molecular weight excluding hydrogens is 805 g/mol. The van der Waals surface area contributed by atoms with E-state index in [1.165, 1.54) is 0 Å². The van der Waals surface area contributed by atoms with Crippen LogP contribution in [0.2, 0.25) is 0 Å². The van der Waals surface area contributed by atoms with Crippen LogP contribution in [0.15, 0.2) is 30.3 Å². The maximum absolute atomic E-state index is 14.5. The quantitative estimate of drug-likeness (QED) is 0.116. The number of hydrogen-bond donors (Lipinski definition) is 1. The fraction of sp³-hybridized carbons (Fsp3) is 0.755. The number of benzene rings is 1. The fourth-order valence-corrected chi connectivity index (χ4v) is 9.91. The molecule has 0 spiro atoms. The second-order valence-corrected chi connectivity index (χ2v) is 18.8. The molecule has 3 amide bonds. The first-order valence-corrected chi connectivity index (χ1v) is 23.4. The van der Waals surface area contributed by atoms with E-state index >= 15 is 0 Å². The predicted molar refractivity (Wildman–Crippen MR) is 243 cm³/mol. The highest BCUT2D eigenvalue weighted by Gasteiger charge is 2.44. The first-order chi connectivity index (χ1) is 29.9. The molecule has 0 saturated carbocycles. The highest BCUT2D eigenvalue weighted by atomic mass is 16.5. The van der Waals surface area contributed by atoms with Crippen LogP contribution in [0.5, 0.6) is 0 Å². The number of morpholine rings is 1. The topological polar surface area (TPSA) is 163 Å². The van der Waals surface area contributed by atoms with Gasteiger partial charge in [-0.3, -0.25) is 33.7 Å². The molecule has 9 atom stereocenters. The van der Waals surface area contributed by atoms with Gasteiger partial charge in [-0.2, -0.15) is 0 Å². The number of nitrogens with zero attached hydrogens (tertiary/aromatic N) is 4. The average molecular weight is 885 g/mol. The molecule has 14 heteroatoms. The summed E-state index contributed by atoms with van der Waals surface area (Å²) in [4.78, 5) is 89.4. The molecule has 14 nitrogen and oxygen atoms in total. The minimum atomic E-state index is -0.879. The summed E-state index contributed by atoms with van der Waals surface area (Å²) < 4.78 is 17.7. The Morgan fingerprint density at radius 1 is 0.857 bits per heavy atom. The fourth-order valence-electron chi connectivity index (χ4n) is 9.91. The molecule has 1 aromatic carbocycles. The van der Waals surface area contributed by atoms with Crippen molar-refractivity contribution < 1.29 is 48.1 Å². The molecule has 1 N–H and O–H groups in total. The Bertz CT molecular complexity index is 1620. The monoisotopic (exact) mass is 885 g/mol. The predicted octanol–water partition coefficient (Wildman–Crippen LogP) is 5.64. The van der Waals surface area contributed by atoms with Crippen LogP contribution >= 0.6 is 0 Å². The first kappa shape index (κ1) is 53.6. The second-order valence-electron chi connectivity index (χ2n) is 18.8. The third-order valence-corrected chi connectivity index (χ3v) is 13.7. The van der Waals surface area contributed by atoms with Crippen LogP contribution in [0.1, 0.15) is 105 Å². The molecule has 1 aromatic rings. The molecular formula is C49H80N4O10. The largest absolute Gasteiger partial charge is 0.481 e. The molecule has 0 aromatic heterocycles. The number of Topliss-reactive ketones (excluding diaryl/α,β-unsaturated/α-hetero) is 2. The molecule has 2 heterocycles. The molecule has 0 unspecified atom stereocenters. The Hall–Kier alpha value is -3.72. The van der Waals surface area contributed by atoms with Gasteiger partial charge in [0.05, 0.1) is 50.0 Å². The smallest absolute Gasteiger partial charge is 0.303 e. The van der Waals surface area contributed by atoms with E-state index in [2.05, 4.69) is 0 Å². The van der Waals surface area contributed by atoms with Gasteiger partial charge in [-0.15, -0.1) is 0 Å². The van der Waals surface area contributed by atoms with Gasteiger partial charge in [-0.05, 0) is 62.6 Å². The van der Waals surface area contributed by atoms with Crippen molar-refractivity contribution in [3.63, 3.8) is 0 Å². The molecule has 356 valence electrons. The van der Waals surface area contributed by atoms with Crippen molar-refractivity contribution in [2.45, 2.75) is 137 Å². The summed E-state index contributed by atoms with van der Waals surface area (Å²) in [6, 6.07) is 8.43. The second kappa shape index (κ2) is 26.3.